The van der Waals surface area contributed by atoms with E-state index in [1.54, 1.807) is 12.3 Å². The van der Waals surface area contributed by atoms with Crippen molar-refractivity contribution >= 4 is 11.9 Å². The maximum absolute atomic E-state index is 12.6. The summed E-state index contributed by atoms with van der Waals surface area (Å²) in [6.45, 7) is 2.28. The predicted octanol–water partition coefficient (Wildman–Crippen LogP) is 1.79. The third-order valence-electron chi connectivity index (χ3n) is 4.33. The van der Waals surface area contributed by atoms with E-state index in [0.717, 1.165) is 37.9 Å². The molecule has 152 valence electrons. The van der Waals surface area contributed by atoms with Crippen molar-refractivity contribution in [1.29, 1.82) is 5.26 Å². The monoisotopic (exact) mass is 400 g/mol. The van der Waals surface area contributed by atoms with Crippen LogP contribution in [0.4, 0.5) is 13.2 Å². The molecular weight excluding hydrogens is 381 g/mol. The molecule has 0 saturated carbocycles. The molecule has 28 heavy (non-hydrogen) atoms. The largest absolute Gasteiger partial charge is 0.490 e. The lowest BCUT2D eigenvalue weighted by atomic mass is 9.96. The number of aromatic nitrogens is 1. The molecule has 0 aromatic carbocycles. The van der Waals surface area contributed by atoms with E-state index in [4.69, 9.17) is 20.0 Å². The topological polar surface area (TPSA) is 116 Å². The Morgan fingerprint density at radius 1 is 1.29 bits per heavy atom. The second-order valence-corrected chi connectivity index (χ2v) is 6.25. The fourth-order valence-electron chi connectivity index (χ4n) is 2.94. The molecule has 0 aliphatic carbocycles. The van der Waals surface area contributed by atoms with Crippen molar-refractivity contribution in [3.8, 4) is 6.07 Å². The second-order valence-electron chi connectivity index (χ2n) is 6.25. The van der Waals surface area contributed by atoms with Crippen LogP contribution < -0.4 is 5.32 Å². The SMILES string of the molecule is N#Cc1cncc(C2CCON2C(=O)C2CCNCC2)c1.O=C(O)C(F)(F)F. The summed E-state index contributed by atoms with van der Waals surface area (Å²) in [6, 6.07) is 3.74. The summed E-state index contributed by atoms with van der Waals surface area (Å²) >= 11 is 0. The van der Waals surface area contributed by atoms with Crippen LogP contribution in [0, 0.1) is 17.2 Å². The van der Waals surface area contributed by atoms with Gasteiger partial charge in [0.15, 0.2) is 0 Å². The average Bonchev–Trinajstić information content (AvgIpc) is 3.17. The first kappa shape index (κ1) is 21.6. The van der Waals surface area contributed by atoms with Crippen LogP contribution in [0.5, 0.6) is 0 Å². The zero-order valence-electron chi connectivity index (χ0n) is 14.8. The third kappa shape index (κ3) is 5.64. The number of hydrogen-bond acceptors (Lipinski definition) is 6. The smallest absolute Gasteiger partial charge is 0.475 e. The number of nitrogens with one attached hydrogen (secondary N) is 1. The van der Waals surface area contributed by atoms with Gasteiger partial charge in [-0.2, -0.15) is 18.4 Å². The van der Waals surface area contributed by atoms with Crippen LogP contribution >= 0.6 is 0 Å². The van der Waals surface area contributed by atoms with Crippen LogP contribution in [0.2, 0.25) is 0 Å². The van der Waals surface area contributed by atoms with Crippen molar-refractivity contribution < 1.29 is 32.7 Å². The number of carboxylic acid groups (broad SMARTS) is 1. The van der Waals surface area contributed by atoms with Crippen LogP contribution in [-0.2, 0) is 14.4 Å². The number of alkyl halides is 3. The summed E-state index contributed by atoms with van der Waals surface area (Å²) < 4.78 is 31.7. The highest BCUT2D eigenvalue weighted by molar-refractivity contribution is 5.78. The number of amides is 1. The summed E-state index contributed by atoms with van der Waals surface area (Å²) in [6.07, 6.45) is 0.595. The van der Waals surface area contributed by atoms with Crippen LogP contribution in [0.1, 0.15) is 36.4 Å². The predicted molar refractivity (Wildman–Crippen MR) is 88.4 cm³/mol. The maximum atomic E-state index is 12.6. The summed E-state index contributed by atoms with van der Waals surface area (Å²) in [4.78, 5) is 31.2. The molecule has 3 heterocycles. The molecule has 8 nitrogen and oxygen atoms in total. The molecule has 1 amide bonds. The van der Waals surface area contributed by atoms with Gasteiger partial charge in [0.25, 0.3) is 0 Å². The van der Waals surface area contributed by atoms with E-state index < -0.39 is 12.1 Å². The molecule has 0 spiro atoms. The molecule has 0 bridgehead atoms. The number of hydrogen-bond donors (Lipinski definition) is 2. The number of hydroxylamine groups is 2. The van der Waals surface area contributed by atoms with E-state index in [2.05, 4.69) is 16.4 Å². The number of carbonyl (C=O) groups is 2. The van der Waals surface area contributed by atoms with Crippen molar-refractivity contribution in [3.05, 3.63) is 29.6 Å². The number of carboxylic acids is 1. The number of nitrogens with zero attached hydrogens (tertiary/aromatic N) is 3. The number of piperidine rings is 1. The number of carbonyl (C=O) groups excluding carboxylic acids is 1. The summed E-state index contributed by atoms with van der Waals surface area (Å²) in [5.74, 6) is -2.67. The Morgan fingerprint density at radius 2 is 1.93 bits per heavy atom. The standard InChI is InChI=1S/C15H18N4O2.C2HF3O2/c16-8-11-7-13(10-18-9-11)14-3-6-21-19(14)15(20)12-1-4-17-5-2-12;3-2(4,5)1(6)7/h7,9-10,12,14,17H,1-6H2;(H,6,7). The Morgan fingerprint density at radius 3 is 2.50 bits per heavy atom. The van der Waals surface area contributed by atoms with Gasteiger partial charge in [-0.15, -0.1) is 0 Å². The molecule has 2 N–H and O–H groups in total. The normalized spacial score (nSPS) is 20.1. The van der Waals surface area contributed by atoms with Gasteiger partial charge in [0.1, 0.15) is 6.07 Å². The number of nitriles is 1. The van der Waals surface area contributed by atoms with Crippen LogP contribution in [0.15, 0.2) is 18.5 Å². The van der Waals surface area contributed by atoms with E-state index in [1.807, 2.05) is 0 Å². The van der Waals surface area contributed by atoms with Gasteiger partial charge in [0, 0.05) is 24.7 Å². The van der Waals surface area contributed by atoms with E-state index in [1.165, 1.54) is 11.3 Å². The van der Waals surface area contributed by atoms with E-state index >= 15 is 0 Å². The van der Waals surface area contributed by atoms with Crippen molar-refractivity contribution in [3.63, 3.8) is 0 Å². The van der Waals surface area contributed by atoms with Crippen LogP contribution in [0.3, 0.4) is 0 Å². The Balaban J connectivity index is 0.000000345. The summed E-state index contributed by atoms with van der Waals surface area (Å²) in [5.41, 5.74) is 1.38. The molecule has 3 rings (SSSR count). The lowest BCUT2D eigenvalue weighted by molar-refractivity contribution is -0.192. The Hall–Kier alpha value is -2.71. The number of aliphatic carboxylic acids is 1. The zero-order valence-corrected chi connectivity index (χ0v) is 14.8. The molecule has 2 aliphatic rings. The lowest BCUT2D eigenvalue weighted by Crippen LogP contribution is -2.40. The van der Waals surface area contributed by atoms with Gasteiger partial charge in [-0.1, -0.05) is 0 Å². The van der Waals surface area contributed by atoms with Crippen molar-refractivity contribution in [2.24, 2.45) is 5.92 Å². The minimum atomic E-state index is -5.08. The molecule has 1 atom stereocenters. The fourth-order valence-corrected chi connectivity index (χ4v) is 2.94. The Bertz CT molecular complexity index is 745. The van der Waals surface area contributed by atoms with Gasteiger partial charge in [-0.3, -0.25) is 14.6 Å². The van der Waals surface area contributed by atoms with Gasteiger partial charge in [-0.25, -0.2) is 9.86 Å². The van der Waals surface area contributed by atoms with Crippen LogP contribution in [0.25, 0.3) is 0 Å². The molecule has 1 aromatic heterocycles. The molecule has 1 aromatic rings. The molecule has 0 radical (unpaired) electrons. The fraction of sp³-hybridized carbons (Fsp3) is 0.529. The van der Waals surface area contributed by atoms with Crippen molar-refractivity contribution in [2.75, 3.05) is 19.7 Å². The third-order valence-corrected chi connectivity index (χ3v) is 4.33. The molecular formula is C17H19F3N4O4. The van der Waals surface area contributed by atoms with Gasteiger partial charge in [0.2, 0.25) is 5.91 Å². The molecule has 11 heteroatoms. The van der Waals surface area contributed by atoms with Gasteiger partial charge >= 0.3 is 12.1 Å². The first-order valence-electron chi connectivity index (χ1n) is 8.56. The Kier molecular flexibility index (Phi) is 7.31. The molecule has 2 aliphatic heterocycles. The van der Waals surface area contributed by atoms with Gasteiger partial charge in [0.05, 0.1) is 18.2 Å². The van der Waals surface area contributed by atoms with E-state index in [-0.39, 0.29) is 17.9 Å². The number of halogens is 3. The van der Waals surface area contributed by atoms with E-state index in [9.17, 15) is 18.0 Å². The highest BCUT2D eigenvalue weighted by Gasteiger charge is 2.38. The minimum Gasteiger partial charge on any atom is -0.475 e. The number of rotatable bonds is 2. The Labute approximate surface area is 158 Å². The molecule has 2 saturated heterocycles. The first-order chi connectivity index (χ1) is 13.2. The van der Waals surface area contributed by atoms with Crippen LogP contribution in [-0.4, -0.2) is 52.9 Å². The molecule has 1 unspecified atom stereocenters. The van der Waals surface area contributed by atoms with Gasteiger partial charge in [-0.05, 0) is 37.6 Å². The average molecular weight is 400 g/mol. The molecule has 2 fully saturated rings. The summed E-state index contributed by atoms with van der Waals surface area (Å²) in [5, 5.41) is 20.9. The lowest BCUT2D eigenvalue weighted by Gasteiger charge is -2.29. The van der Waals surface area contributed by atoms with E-state index in [0.29, 0.717) is 12.2 Å². The van der Waals surface area contributed by atoms with Gasteiger partial charge < -0.3 is 10.4 Å². The van der Waals surface area contributed by atoms with Crippen molar-refractivity contribution in [1.82, 2.24) is 15.4 Å². The number of pyridine rings is 1. The minimum absolute atomic E-state index is 0.0268. The van der Waals surface area contributed by atoms with Crippen molar-refractivity contribution in [2.45, 2.75) is 31.5 Å². The summed E-state index contributed by atoms with van der Waals surface area (Å²) in [7, 11) is 0. The highest BCUT2D eigenvalue weighted by atomic mass is 19.4. The second kappa shape index (κ2) is 9.48. The maximum Gasteiger partial charge on any atom is 0.490 e. The quantitative estimate of drug-likeness (QED) is 0.778. The zero-order chi connectivity index (χ0) is 20.7. The first-order valence-corrected chi connectivity index (χ1v) is 8.56. The highest BCUT2D eigenvalue weighted by Crippen LogP contribution is 2.32.